The third-order valence-corrected chi connectivity index (χ3v) is 4.79. The Balaban J connectivity index is 2.14. The van der Waals surface area contributed by atoms with Crippen molar-refractivity contribution in [2.75, 3.05) is 19.1 Å². The maximum absolute atomic E-state index is 15.4. The van der Waals surface area contributed by atoms with Gasteiger partial charge in [-0.3, -0.25) is 19.7 Å². The number of hydrogen-bond donors (Lipinski definition) is 0. The summed E-state index contributed by atoms with van der Waals surface area (Å²) in [4.78, 5) is 36.6. The van der Waals surface area contributed by atoms with Crippen molar-refractivity contribution in [3.05, 3.63) is 69.0 Å². The lowest BCUT2D eigenvalue weighted by Crippen LogP contribution is -2.34. The lowest BCUT2D eigenvalue weighted by atomic mass is 10.0. The quantitative estimate of drug-likeness (QED) is 0.326. The summed E-state index contributed by atoms with van der Waals surface area (Å²) in [5.41, 5.74) is -0.902. The van der Waals surface area contributed by atoms with E-state index in [1.807, 2.05) is 0 Å². The van der Waals surface area contributed by atoms with Crippen LogP contribution in [0.1, 0.15) is 33.2 Å². The van der Waals surface area contributed by atoms with Gasteiger partial charge in [-0.05, 0) is 25.1 Å². The maximum Gasteiger partial charge on any atom is 0.275 e. The van der Waals surface area contributed by atoms with Gasteiger partial charge in [-0.1, -0.05) is 12.1 Å². The molecule has 0 N–H and O–H groups in total. The van der Waals surface area contributed by atoms with Gasteiger partial charge in [-0.25, -0.2) is 9.29 Å². The minimum Gasteiger partial charge on any atom is -0.353 e. The van der Waals surface area contributed by atoms with Crippen LogP contribution in [0.3, 0.4) is 0 Å². The van der Waals surface area contributed by atoms with Crippen molar-refractivity contribution in [3.8, 4) is 0 Å². The van der Waals surface area contributed by atoms with Gasteiger partial charge in [0.1, 0.15) is 0 Å². The second-order valence-corrected chi connectivity index (χ2v) is 6.36. The average Bonchev–Trinajstić information content (AvgIpc) is 2.94. The molecule has 1 aliphatic rings. The molecule has 2 amide bonds. The number of nitro benzene ring substituents is 1. The lowest BCUT2D eigenvalue weighted by molar-refractivity contribution is -0.386. The van der Waals surface area contributed by atoms with E-state index in [0.717, 1.165) is 12.1 Å². The molecule has 1 aliphatic heterocycles. The summed E-state index contributed by atoms with van der Waals surface area (Å²) in [7, 11) is 2.64. The van der Waals surface area contributed by atoms with E-state index in [0.29, 0.717) is 4.90 Å². The first kappa shape index (κ1) is 19.6. The van der Waals surface area contributed by atoms with E-state index in [1.54, 1.807) is 12.1 Å². The molecule has 2 aromatic rings. The first-order chi connectivity index (χ1) is 13.2. The lowest BCUT2D eigenvalue weighted by Gasteiger charge is -2.27. The summed E-state index contributed by atoms with van der Waals surface area (Å²) >= 11 is 0. The summed E-state index contributed by atoms with van der Waals surface area (Å²) in [5, 5.41) is 11.4. The standard InChI is InChI=1S/C19H17FN2O6/c1-19(27-2,28-3)10-13-14(22(25)26)8-9-15(16(13)20)21-17(23)11-6-4-5-7-12(11)18(21)24/h4-9H,10H2,1-3H3. The van der Waals surface area contributed by atoms with Crippen LogP contribution in [0.4, 0.5) is 15.8 Å². The van der Waals surface area contributed by atoms with E-state index in [4.69, 9.17) is 9.47 Å². The predicted octanol–water partition coefficient (Wildman–Crippen LogP) is 3.09. The number of ether oxygens (including phenoxy) is 2. The van der Waals surface area contributed by atoms with Crippen LogP contribution in [0.25, 0.3) is 0 Å². The molecule has 8 nitrogen and oxygen atoms in total. The Morgan fingerprint density at radius 2 is 1.61 bits per heavy atom. The van der Waals surface area contributed by atoms with Gasteiger partial charge in [-0.2, -0.15) is 0 Å². The zero-order valence-corrected chi connectivity index (χ0v) is 15.4. The van der Waals surface area contributed by atoms with E-state index >= 15 is 4.39 Å². The molecule has 0 saturated heterocycles. The fourth-order valence-electron chi connectivity index (χ4n) is 3.07. The number of rotatable bonds is 6. The third kappa shape index (κ3) is 3.04. The van der Waals surface area contributed by atoms with Gasteiger partial charge in [0.15, 0.2) is 11.6 Å². The third-order valence-electron chi connectivity index (χ3n) is 4.79. The highest BCUT2D eigenvalue weighted by atomic mass is 19.1. The minimum atomic E-state index is -1.34. The van der Waals surface area contributed by atoms with Crippen LogP contribution in [-0.4, -0.2) is 36.7 Å². The van der Waals surface area contributed by atoms with E-state index in [1.165, 1.54) is 33.3 Å². The number of benzene rings is 2. The minimum absolute atomic E-state index is 0.144. The average molecular weight is 388 g/mol. The van der Waals surface area contributed by atoms with E-state index in [-0.39, 0.29) is 28.8 Å². The van der Waals surface area contributed by atoms with Crippen molar-refractivity contribution in [1.82, 2.24) is 0 Å². The van der Waals surface area contributed by atoms with E-state index < -0.39 is 34.0 Å². The highest BCUT2D eigenvalue weighted by Gasteiger charge is 2.40. The zero-order valence-electron chi connectivity index (χ0n) is 15.4. The first-order valence-electron chi connectivity index (χ1n) is 8.28. The Labute approximate surface area is 159 Å². The molecule has 0 atom stereocenters. The van der Waals surface area contributed by atoms with Crippen LogP contribution >= 0.6 is 0 Å². The van der Waals surface area contributed by atoms with E-state index in [2.05, 4.69) is 0 Å². The largest absolute Gasteiger partial charge is 0.353 e. The van der Waals surface area contributed by atoms with Gasteiger partial charge in [0.05, 0.1) is 27.3 Å². The molecule has 0 radical (unpaired) electrons. The fourth-order valence-corrected chi connectivity index (χ4v) is 3.07. The molecule has 0 saturated carbocycles. The monoisotopic (exact) mass is 388 g/mol. The van der Waals surface area contributed by atoms with Gasteiger partial charge in [0, 0.05) is 26.7 Å². The Morgan fingerprint density at radius 3 is 2.07 bits per heavy atom. The van der Waals surface area contributed by atoms with Crippen LogP contribution in [0.15, 0.2) is 36.4 Å². The number of imide groups is 1. The highest BCUT2D eigenvalue weighted by molar-refractivity contribution is 6.34. The summed E-state index contributed by atoms with van der Waals surface area (Å²) in [6.45, 7) is 1.49. The summed E-state index contributed by atoms with van der Waals surface area (Å²) < 4.78 is 25.7. The van der Waals surface area contributed by atoms with Crippen molar-refractivity contribution in [1.29, 1.82) is 0 Å². The SMILES string of the molecule is COC(C)(Cc1c([N+](=O)[O-])ccc(N2C(=O)c3ccccc3C2=O)c1F)OC. The number of nitrogens with zero attached hydrogens (tertiary/aromatic N) is 2. The van der Waals surface area contributed by atoms with Crippen molar-refractivity contribution >= 4 is 23.2 Å². The Hall–Kier alpha value is -3.17. The summed E-state index contributed by atoms with van der Waals surface area (Å²) in [6, 6.07) is 8.22. The second-order valence-electron chi connectivity index (χ2n) is 6.36. The number of anilines is 1. The summed E-state index contributed by atoms with van der Waals surface area (Å²) in [5.74, 6) is -3.78. The van der Waals surface area contributed by atoms with Crippen molar-refractivity contribution in [3.63, 3.8) is 0 Å². The highest BCUT2D eigenvalue weighted by Crippen LogP contribution is 2.36. The zero-order chi connectivity index (χ0) is 20.6. The Bertz CT molecular complexity index is 951. The molecule has 0 spiro atoms. The number of amides is 2. The maximum atomic E-state index is 15.4. The van der Waals surface area contributed by atoms with Crippen LogP contribution in [0.2, 0.25) is 0 Å². The van der Waals surface area contributed by atoms with Gasteiger partial charge in [-0.15, -0.1) is 0 Å². The molecule has 3 rings (SSSR count). The van der Waals surface area contributed by atoms with Crippen LogP contribution in [0, 0.1) is 15.9 Å². The number of halogens is 1. The van der Waals surface area contributed by atoms with Gasteiger partial charge in [0.25, 0.3) is 17.5 Å². The number of fused-ring (bicyclic) bond motifs is 1. The molecule has 0 unspecified atom stereocenters. The smallest absolute Gasteiger partial charge is 0.275 e. The molecule has 9 heteroatoms. The van der Waals surface area contributed by atoms with Gasteiger partial charge in [0.2, 0.25) is 0 Å². The fraction of sp³-hybridized carbons (Fsp3) is 0.263. The molecule has 146 valence electrons. The van der Waals surface area contributed by atoms with Crippen LogP contribution in [0.5, 0.6) is 0 Å². The molecular formula is C19H17FN2O6. The second kappa shape index (κ2) is 7.10. The molecule has 0 fully saturated rings. The van der Waals surface area contributed by atoms with Crippen molar-refractivity contribution in [2.24, 2.45) is 0 Å². The molecule has 0 aliphatic carbocycles. The molecule has 1 heterocycles. The normalized spacial score (nSPS) is 13.8. The molecule has 2 aromatic carbocycles. The van der Waals surface area contributed by atoms with Gasteiger partial charge >= 0.3 is 0 Å². The number of carbonyl (C=O) groups is 2. The van der Waals surface area contributed by atoms with E-state index in [9.17, 15) is 19.7 Å². The van der Waals surface area contributed by atoms with Crippen molar-refractivity contribution in [2.45, 2.75) is 19.1 Å². The Kier molecular flexibility index (Phi) is 4.97. The first-order valence-corrected chi connectivity index (χ1v) is 8.28. The molecule has 0 aromatic heterocycles. The number of methoxy groups -OCH3 is 2. The molecule has 0 bridgehead atoms. The Morgan fingerprint density at radius 1 is 1.07 bits per heavy atom. The van der Waals surface area contributed by atoms with Crippen LogP contribution in [-0.2, 0) is 15.9 Å². The van der Waals surface area contributed by atoms with Crippen LogP contribution < -0.4 is 4.90 Å². The number of carbonyl (C=O) groups excluding carboxylic acids is 2. The predicted molar refractivity (Wildman–Crippen MR) is 96.8 cm³/mol. The molecule has 28 heavy (non-hydrogen) atoms. The number of hydrogen-bond acceptors (Lipinski definition) is 6. The van der Waals surface area contributed by atoms with Crippen molar-refractivity contribution < 1.29 is 28.4 Å². The molecular weight excluding hydrogens is 371 g/mol. The van der Waals surface area contributed by atoms with Gasteiger partial charge < -0.3 is 9.47 Å². The number of nitro groups is 1. The topological polar surface area (TPSA) is 99.0 Å². The summed E-state index contributed by atoms with van der Waals surface area (Å²) in [6.07, 6.45) is -0.306.